The van der Waals surface area contributed by atoms with Gasteiger partial charge in [0.1, 0.15) is 5.82 Å². The third-order valence-corrected chi connectivity index (χ3v) is 4.00. The van der Waals surface area contributed by atoms with E-state index in [0.29, 0.717) is 6.54 Å². The number of benzene rings is 1. The second-order valence-electron chi connectivity index (χ2n) is 5.60. The van der Waals surface area contributed by atoms with Gasteiger partial charge in [-0.3, -0.25) is 4.79 Å². The van der Waals surface area contributed by atoms with Crippen molar-refractivity contribution in [3.63, 3.8) is 0 Å². The number of carbonyl (C=O) groups is 1. The lowest BCUT2D eigenvalue weighted by Gasteiger charge is -2.18. The Morgan fingerprint density at radius 3 is 2.77 bits per heavy atom. The van der Waals surface area contributed by atoms with E-state index in [1.807, 2.05) is 43.3 Å². The van der Waals surface area contributed by atoms with Crippen LogP contribution in [0.25, 0.3) is 11.4 Å². The number of nitrogens with one attached hydrogen (secondary N) is 1. The number of anilines is 1. The van der Waals surface area contributed by atoms with Crippen molar-refractivity contribution >= 4 is 11.7 Å². The first-order valence-corrected chi connectivity index (χ1v) is 7.55. The Morgan fingerprint density at radius 2 is 2.05 bits per heavy atom. The second kappa shape index (κ2) is 6.13. The summed E-state index contributed by atoms with van der Waals surface area (Å²) in [4.78, 5) is 23.2. The molecule has 1 aromatic heterocycles. The maximum absolute atomic E-state index is 11.8. The lowest BCUT2D eigenvalue weighted by molar-refractivity contribution is -0.123. The van der Waals surface area contributed by atoms with Crippen molar-refractivity contribution < 1.29 is 4.79 Å². The number of carbonyl (C=O) groups excluding carboxylic acids is 1. The number of amides is 1. The third-order valence-electron chi connectivity index (χ3n) is 4.00. The molecule has 0 saturated carbocycles. The summed E-state index contributed by atoms with van der Waals surface area (Å²) in [5, 5.41) is 2.73. The average Bonchev–Trinajstić information content (AvgIpc) is 3.04. The smallest absolute Gasteiger partial charge is 0.224 e. The number of nitrogens with zero attached hydrogens (tertiary/aromatic N) is 3. The van der Waals surface area contributed by atoms with Crippen molar-refractivity contribution in [1.29, 1.82) is 0 Å². The minimum absolute atomic E-state index is 0.0421. The molecular formula is C17H20N4O. The molecule has 1 aliphatic rings. The van der Waals surface area contributed by atoms with E-state index in [-0.39, 0.29) is 11.8 Å². The number of rotatable bonds is 3. The van der Waals surface area contributed by atoms with Crippen LogP contribution in [0.1, 0.15) is 12.1 Å². The third kappa shape index (κ3) is 2.93. The Kier molecular flexibility index (Phi) is 4.04. The standard InChI is InChI=1S/C17H20N4O/c1-12-10-15(21-9-8-14(11-21)17(22)18-2)20-16(19-12)13-6-4-3-5-7-13/h3-7,10,14H,8-9,11H2,1-2H3,(H,18,22)/t14-/m1/s1. The SMILES string of the molecule is CNC(=O)[C@@H]1CCN(c2cc(C)nc(-c3ccccc3)n2)C1. The van der Waals surface area contributed by atoms with E-state index in [4.69, 9.17) is 0 Å². The van der Waals surface area contributed by atoms with Crippen LogP contribution in [-0.4, -0.2) is 36.0 Å². The van der Waals surface area contributed by atoms with E-state index in [1.165, 1.54) is 0 Å². The zero-order valence-electron chi connectivity index (χ0n) is 12.9. The van der Waals surface area contributed by atoms with Crippen molar-refractivity contribution in [3.05, 3.63) is 42.1 Å². The molecule has 2 aromatic rings. The molecule has 5 heteroatoms. The van der Waals surface area contributed by atoms with Crippen LogP contribution in [0.5, 0.6) is 0 Å². The van der Waals surface area contributed by atoms with E-state index < -0.39 is 0 Å². The molecule has 1 aliphatic heterocycles. The molecule has 0 radical (unpaired) electrons. The van der Waals surface area contributed by atoms with E-state index in [1.54, 1.807) is 7.05 Å². The normalized spacial score (nSPS) is 17.5. The van der Waals surface area contributed by atoms with Gasteiger partial charge in [-0.2, -0.15) is 0 Å². The molecule has 22 heavy (non-hydrogen) atoms. The summed E-state index contributed by atoms with van der Waals surface area (Å²) >= 11 is 0. The zero-order valence-corrected chi connectivity index (χ0v) is 12.9. The Morgan fingerprint density at radius 1 is 1.27 bits per heavy atom. The molecule has 0 spiro atoms. The molecule has 1 amide bonds. The van der Waals surface area contributed by atoms with Crippen LogP contribution < -0.4 is 10.2 Å². The molecule has 0 unspecified atom stereocenters. The predicted octanol–water partition coefficient (Wildman–Crippen LogP) is 2.02. The quantitative estimate of drug-likeness (QED) is 0.941. The fourth-order valence-corrected chi connectivity index (χ4v) is 2.82. The monoisotopic (exact) mass is 296 g/mol. The van der Waals surface area contributed by atoms with Crippen LogP contribution in [0.2, 0.25) is 0 Å². The number of hydrogen-bond donors (Lipinski definition) is 1. The highest BCUT2D eigenvalue weighted by Gasteiger charge is 2.28. The second-order valence-corrected chi connectivity index (χ2v) is 5.60. The maximum Gasteiger partial charge on any atom is 0.224 e. The first-order valence-electron chi connectivity index (χ1n) is 7.55. The van der Waals surface area contributed by atoms with Gasteiger partial charge < -0.3 is 10.2 Å². The number of aryl methyl sites for hydroxylation is 1. The average molecular weight is 296 g/mol. The van der Waals surface area contributed by atoms with E-state index in [9.17, 15) is 4.79 Å². The molecule has 0 bridgehead atoms. The van der Waals surface area contributed by atoms with Gasteiger partial charge in [0, 0.05) is 37.5 Å². The highest BCUT2D eigenvalue weighted by atomic mass is 16.1. The highest BCUT2D eigenvalue weighted by molar-refractivity contribution is 5.79. The van der Waals surface area contributed by atoms with Crippen LogP contribution in [0.15, 0.2) is 36.4 Å². The molecule has 1 saturated heterocycles. The van der Waals surface area contributed by atoms with Gasteiger partial charge in [0.05, 0.1) is 5.92 Å². The van der Waals surface area contributed by atoms with Gasteiger partial charge >= 0.3 is 0 Å². The molecule has 1 aromatic carbocycles. The van der Waals surface area contributed by atoms with Crippen molar-refractivity contribution in [3.8, 4) is 11.4 Å². The minimum Gasteiger partial charge on any atom is -0.359 e. The molecule has 1 N–H and O–H groups in total. The van der Waals surface area contributed by atoms with Crippen LogP contribution in [0, 0.1) is 12.8 Å². The van der Waals surface area contributed by atoms with Crippen LogP contribution in [-0.2, 0) is 4.79 Å². The van der Waals surface area contributed by atoms with Crippen molar-refractivity contribution in [1.82, 2.24) is 15.3 Å². The van der Waals surface area contributed by atoms with Crippen LogP contribution >= 0.6 is 0 Å². The molecule has 3 rings (SSSR count). The topological polar surface area (TPSA) is 58.1 Å². The first kappa shape index (κ1) is 14.5. The van der Waals surface area contributed by atoms with Crippen molar-refractivity contribution in [2.24, 2.45) is 5.92 Å². The lowest BCUT2D eigenvalue weighted by Crippen LogP contribution is -2.30. The van der Waals surface area contributed by atoms with E-state index in [0.717, 1.165) is 35.9 Å². The van der Waals surface area contributed by atoms with Crippen LogP contribution in [0.4, 0.5) is 5.82 Å². The van der Waals surface area contributed by atoms with E-state index in [2.05, 4.69) is 20.2 Å². The molecule has 1 atom stereocenters. The minimum atomic E-state index is 0.0421. The summed E-state index contributed by atoms with van der Waals surface area (Å²) in [6.45, 7) is 3.54. The van der Waals surface area contributed by atoms with Gasteiger partial charge in [0.25, 0.3) is 0 Å². The summed E-state index contributed by atoms with van der Waals surface area (Å²) in [7, 11) is 1.69. The number of aromatic nitrogens is 2. The number of hydrogen-bond acceptors (Lipinski definition) is 4. The Bertz CT molecular complexity index is 672. The predicted molar refractivity (Wildman–Crippen MR) is 86.6 cm³/mol. The van der Waals surface area contributed by atoms with E-state index >= 15 is 0 Å². The molecule has 5 nitrogen and oxygen atoms in total. The molecule has 1 fully saturated rings. The Labute approximate surface area is 130 Å². The fourth-order valence-electron chi connectivity index (χ4n) is 2.82. The van der Waals surface area contributed by atoms with Gasteiger partial charge in [-0.05, 0) is 13.3 Å². The van der Waals surface area contributed by atoms with Gasteiger partial charge in [0.15, 0.2) is 5.82 Å². The summed E-state index contributed by atoms with van der Waals surface area (Å²) in [6.07, 6.45) is 0.864. The van der Waals surface area contributed by atoms with Gasteiger partial charge in [-0.1, -0.05) is 30.3 Å². The summed E-state index contributed by atoms with van der Waals surface area (Å²) < 4.78 is 0. The molecule has 114 valence electrons. The first-order chi connectivity index (χ1) is 10.7. The molecular weight excluding hydrogens is 276 g/mol. The van der Waals surface area contributed by atoms with Crippen molar-refractivity contribution in [2.45, 2.75) is 13.3 Å². The Balaban J connectivity index is 1.86. The largest absolute Gasteiger partial charge is 0.359 e. The fraction of sp³-hybridized carbons (Fsp3) is 0.353. The van der Waals surface area contributed by atoms with Gasteiger partial charge in [0.2, 0.25) is 5.91 Å². The summed E-state index contributed by atoms with van der Waals surface area (Å²) in [5.41, 5.74) is 1.95. The Hall–Kier alpha value is -2.43. The lowest BCUT2D eigenvalue weighted by atomic mass is 10.1. The summed E-state index contributed by atoms with van der Waals surface area (Å²) in [5.74, 6) is 1.79. The zero-order chi connectivity index (χ0) is 15.5. The van der Waals surface area contributed by atoms with Crippen LogP contribution in [0.3, 0.4) is 0 Å². The van der Waals surface area contributed by atoms with Crippen molar-refractivity contribution in [2.75, 3.05) is 25.0 Å². The molecule has 2 heterocycles. The highest BCUT2D eigenvalue weighted by Crippen LogP contribution is 2.25. The maximum atomic E-state index is 11.8. The molecule has 0 aliphatic carbocycles. The van der Waals surface area contributed by atoms with Gasteiger partial charge in [-0.25, -0.2) is 9.97 Å². The summed E-state index contributed by atoms with van der Waals surface area (Å²) in [6, 6.07) is 12.0. The van der Waals surface area contributed by atoms with Gasteiger partial charge in [-0.15, -0.1) is 0 Å².